The molecule has 9 nitrogen and oxygen atoms in total. The van der Waals surface area contributed by atoms with Crippen LogP contribution in [0.5, 0.6) is 0 Å². The fraction of sp³-hybridized carbons (Fsp3) is 0.200. The van der Waals surface area contributed by atoms with Crippen LogP contribution in [0.4, 0.5) is 4.79 Å². The minimum Gasteiger partial charge on any atom is -0.300 e. The third-order valence-electron chi connectivity index (χ3n) is 2.32. The SMILES string of the molecule is CC(=O)n1ccnc1.CC(C)=O.O=C(n1ccnc1)n1ccnc1. The molecule has 0 fully saturated rings. The number of ketones is 1. The Labute approximate surface area is 138 Å². The van der Waals surface area contributed by atoms with Crippen molar-refractivity contribution in [2.24, 2.45) is 0 Å². The summed E-state index contributed by atoms with van der Waals surface area (Å²) in [6.07, 6.45) is 13.8. The molecule has 0 aliphatic carbocycles. The molecule has 0 N–H and O–H groups in total. The summed E-state index contributed by atoms with van der Waals surface area (Å²) in [5.74, 6) is 0.155. The number of hydrogen-bond acceptors (Lipinski definition) is 6. The summed E-state index contributed by atoms with van der Waals surface area (Å²) in [6, 6.07) is -0.190. The molecule has 3 aromatic rings. The lowest BCUT2D eigenvalue weighted by Crippen LogP contribution is -2.15. The van der Waals surface area contributed by atoms with Gasteiger partial charge in [-0.1, -0.05) is 0 Å². The topological polar surface area (TPSA) is 105 Å². The molecule has 0 radical (unpaired) electrons. The van der Waals surface area contributed by atoms with Crippen LogP contribution >= 0.6 is 0 Å². The van der Waals surface area contributed by atoms with Crippen molar-refractivity contribution in [2.45, 2.75) is 20.8 Å². The van der Waals surface area contributed by atoms with E-state index in [1.807, 2.05) is 0 Å². The number of hydrogen-bond donors (Lipinski definition) is 0. The third-order valence-corrected chi connectivity index (χ3v) is 2.32. The standard InChI is InChI=1S/C7H6N4O.C5H6N2O.C3H6O/c12-7(10-3-1-8-5-10)11-4-2-9-6-11;1-5(8)7-3-2-6-4-7;1-3(2)4/h1-6H;2-4H,1H3;1-2H3. The summed E-state index contributed by atoms with van der Waals surface area (Å²) in [6.45, 7) is 4.54. The lowest BCUT2D eigenvalue weighted by atomic mass is 10.6. The molecule has 9 heteroatoms. The second-order valence-electron chi connectivity index (χ2n) is 4.62. The van der Waals surface area contributed by atoms with Gasteiger partial charge < -0.3 is 4.79 Å². The smallest absolute Gasteiger partial charge is 0.300 e. The maximum Gasteiger partial charge on any atom is 0.338 e. The number of carbonyl (C=O) groups is 3. The fourth-order valence-electron chi connectivity index (χ4n) is 1.32. The normalized spacial score (nSPS) is 9.12. The highest BCUT2D eigenvalue weighted by Crippen LogP contribution is 1.92. The molecule has 0 saturated heterocycles. The Morgan fingerprint density at radius 2 is 1.00 bits per heavy atom. The Kier molecular flexibility index (Phi) is 7.49. The second kappa shape index (κ2) is 9.62. The van der Waals surface area contributed by atoms with Gasteiger partial charge in [0.25, 0.3) is 0 Å². The van der Waals surface area contributed by atoms with E-state index in [1.165, 1.54) is 53.5 Å². The van der Waals surface area contributed by atoms with Crippen molar-refractivity contribution in [3.8, 4) is 0 Å². The molecule has 0 aromatic carbocycles. The molecule has 0 unspecified atom stereocenters. The molecule has 0 aliphatic heterocycles. The Bertz CT molecular complexity index is 705. The van der Waals surface area contributed by atoms with Gasteiger partial charge in [0, 0.05) is 44.1 Å². The van der Waals surface area contributed by atoms with Gasteiger partial charge in [0.15, 0.2) is 0 Å². The summed E-state index contributed by atoms with van der Waals surface area (Å²) in [4.78, 5) is 42.5. The molecule has 0 atom stereocenters. The highest BCUT2D eigenvalue weighted by molar-refractivity contribution is 5.78. The van der Waals surface area contributed by atoms with Crippen LogP contribution in [0, 0.1) is 0 Å². The van der Waals surface area contributed by atoms with Crippen molar-refractivity contribution >= 4 is 17.7 Å². The van der Waals surface area contributed by atoms with Crippen LogP contribution in [0.1, 0.15) is 25.6 Å². The van der Waals surface area contributed by atoms with Crippen LogP contribution < -0.4 is 0 Å². The summed E-state index contributed by atoms with van der Waals surface area (Å²) in [7, 11) is 0. The molecule has 24 heavy (non-hydrogen) atoms. The van der Waals surface area contributed by atoms with E-state index in [0.717, 1.165) is 0 Å². The number of rotatable bonds is 0. The summed E-state index contributed by atoms with van der Waals surface area (Å²) in [5.41, 5.74) is 0. The second-order valence-corrected chi connectivity index (χ2v) is 4.62. The van der Waals surface area contributed by atoms with Gasteiger partial charge in [0.05, 0.1) is 0 Å². The maximum absolute atomic E-state index is 11.4. The van der Waals surface area contributed by atoms with Gasteiger partial charge in [0.2, 0.25) is 5.91 Å². The first kappa shape index (κ1) is 18.7. The van der Waals surface area contributed by atoms with Crippen molar-refractivity contribution in [3.63, 3.8) is 0 Å². The van der Waals surface area contributed by atoms with Crippen LogP contribution in [-0.4, -0.2) is 46.4 Å². The predicted octanol–water partition coefficient (Wildman–Crippen LogP) is 1.73. The molecule has 0 aliphatic rings. The van der Waals surface area contributed by atoms with Gasteiger partial charge in [0.1, 0.15) is 24.8 Å². The van der Waals surface area contributed by atoms with Crippen LogP contribution in [0.2, 0.25) is 0 Å². The van der Waals surface area contributed by atoms with E-state index in [1.54, 1.807) is 37.2 Å². The van der Waals surface area contributed by atoms with Crippen LogP contribution in [0.15, 0.2) is 56.2 Å². The van der Waals surface area contributed by atoms with Gasteiger partial charge in [-0.2, -0.15) is 0 Å². The molecule has 0 spiro atoms. The largest absolute Gasteiger partial charge is 0.338 e. The lowest BCUT2D eigenvalue weighted by Gasteiger charge is -1.98. The van der Waals surface area contributed by atoms with E-state index in [-0.39, 0.29) is 17.7 Å². The zero-order valence-corrected chi connectivity index (χ0v) is 13.6. The average molecular weight is 330 g/mol. The quantitative estimate of drug-likeness (QED) is 0.621. The summed E-state index contributed by atoms with van der Waals surface area (Å²) >= 11 is 0. The van der Waals surface area contributed by atoms with Crippen molar-refractivity contribution in [1.82, 2.24) is 28.7 Å². The first-order valence-electron chi connectivity index (χ1n) is 6.88. The first-order chi connectivity index (χ1) is 11.4. The number of nitrogens with zero attached hydrogens (tertiary/aromatic N) is 6. The number of carbonyl (C=O) groups excluding carboxylic acids is 3. The predicted molar refractivity (Wildman–Crippen MR) is 85.5 cm³/mol. The van der Waals surface area contributed by atoms with E-state index in [2.05, 4.69) is 15.0 Å². The van der Waals surface area contributed by atoms with Gasteiger partial charge in [-0.25, -0.2) is 19.7 Å². The van der Waals surface area contributed by atoms with E-state index in [9.17, 15) is 14.4 Å². The van der Waals surface area contributed by atoms with E-state index in [0.29, 0.717) is 0 Å². The van der Waals surface area contributed by atoms with Gasteiger partial charge in [-0.05, 0) is 13.8 Å². The molecule has 3 aromatic heterocycles. The van der Waals surface area contributed by atoms with Crippen LogP contribution in [0.3, 0.4) is 0 Å². The monoisotopic (exact) mass is 330 g/mol. The highest BCUT2D eigenvalue weighted by atomic mass is 16.2. The minimum atomic E-state index is -0.190. The lowest BCUT2D eigenvalue weighted by molar-refractivity contribution is -0.115. The highest BCUT2D eigenvalue weighted by Gasteiger charge is 2.03. The minimum absolute atomic E-state index is 0.0116. The van der Waals surface area contributed by atoms with Gasteiger partial charge in [-0.15, -0.1) is 0 Å². The number of Topliss-reactive ketones (excluding diaryl/α,β-unsaturated/α-hetero) is 1. The molecule has 3 heterocycles. The molecule has 0 amide bonds. The van der Waals surface area contributed by atoms with E-state index in [4.69, 9.17) is 0 Å². The summed E-state index contributed by atoms with van der Waals surface area (Å²) < 4.78 is 4.17. The number of aromatic nitrogens is 6. The summed E-state index contributed by atoms with van der Waals surface area (Å²) in [5, 5.41) is 0. The van der Waals surface area contributed by atoms with E-state index < -0.39 is 0 Å². The van der Waals surface area contributed by atoms with Crippen LogP contribution in [0.25, 0.3) is 0 Å². The first-order valence-corrected chi connectivity index (χ1v) is 6.88. The molecule has 0 bridgehead atoms. The average Bonchev–Trinajstić information content (AvgIpc) is 3.28. The van der Waals surface area contributed by atoms with Gasteiger partial charge >= 0.3 is 6.03 Å². The number of imidazole rings is 3. The fourth-order valence-corrected chi connectivity index (χ4v) is 1.32. The van der Waals surface area contributed by atoms with Crippen LogP contribution in [-0.2, 0) is 4.79 Å². The third kappa shape index (κ3) is 6.60. The van der Waals surface area contributed by atoms with Crippen molar-refractivity contribution in [1.29, 1.82) is 0 Å². The molecule has 126 valence electrons. The van der Waals surface area contributed by atoms with E-state index >= 15 is 0 Å². The Morgan fingerprint density at radius 1 is 0.667 bits per heavy atom. The molecular weight excluding hydrogens is 312 g/mol. The van der Waals surface area contributed by atoms with Gasteiger partial charge in [-0.3, -0.25) is 18.5 Å². The maximum atomic E-state index is 11.4. The van der Waals surface area contributed by atoms with Crippen molar-refractivity contribution in [2.75, 3.05) is 0 Å². The Balaban J connectivity index is 0.000000208. The molecule has 0 saturated carbocycles. The molecular formula is C15H18N6O3. The van der Waals surface area contributed by atoms with Crippen molar-refractivity contribution < 1.29 is 14.4 Å². The zero-order chi connectivity index (χ0) is 17.9. The Hall–Kier alpha value is -3.36. The molecule has 3 rings (SSSR count). The Morgan fingerprint density at radius 3 is 1.21 bits per heavy atom. The zero-order valence-electron chi connectivity index (χ0n) is 13.6. The van der Waals surface area contributed by atoms with Crippen molar-refractivity contribution in [3.05, 3.63) is 56.2 Å².